The molecule has 1 aromatic carbocycles. The quantitative estimate of drug-likeness (QED) is 0.652. The van der Waals surface area contributed by atoms with Crippen molar-refractivity contribution in [2.24, 2.45) is 0 Å². The minimum absolute atomic E-state index is 0.429. The van der Waals surface area contributed by atoms with Crippen molar-refractivity contribution in [2.45, 2.75) is 11.1 Å². The van der Waals surface area contributed by atoms with Gasteiger partial charge in [0.25, 0.3) is 0 Å². The van der Waals surface area contributed by atoms with Crippen LogP contribution >= 0.6 is 0 Å². The second-order valence-electron chi connectivity index (χ2n) is 3.25. The zero-order chi connectivity index (χ0) is 14.1. The first-order chi connectivity index (χ1) is 8.03. The summed E-state index contributed by atoms with van der Waals surface area (Å²) < 4.78 is 85.3. The van der Waals surface area contributed by atoms with Gasteiger partial charge in [-0.1, -0.05) is 0 Å². The lowest BCUT2D eigenvalue weighted by Crippen LogP contribution is -2.34. The van der Waals surface area contributed by atoms with Crippen molar-refractivity contribution in [3.05, 3.63) is 23.8 Å². The molecule has 18 heavy (non-hydrogen) atoms. The Balaban J connectivity index is 3.13. The van der Waals surface area contributed by atoms with E-state index in [1.165, 1.54) is 0 Å². The predicted molar refractivity (Wildman–Crippen MR) is 52.0 cm³/mol. The number of rotatable bonds is 3. The fourth-order valence-electron chi connectivity index (χ4n) is 1.03. The van der Waals surface area contributed by atoms with Crippen LogP contribution in [0.25, 0.3) is 0 Å². The van der Waals surface area contributed by atoms with Crippen molar-refractivity contribution in [1.82, 2.24) is 4.72 Å². The summed E-state index contributed by atoms with van der Waals surface area (Å²) in [6, 6.07) is 1.04. The zero-order valence-corrected chi connectivity index (χ0v) is 9.37. The summed E-state index contributed by atoms with van der Waals surface area (Å²) in [5, 5.41) is 0. The van der Waals surface area contributed by atoms with Gasteiger partial charge >= 0.3 is 6.18 Å². The Hall–Kier alpha value is -1.42. The van der Waals surface area contributed by atoms with Crippen LogP contribution in [0.4, 0.5) is 27.6 Å². The summed E-state index contributed by atoms with van der Waals surface area (Å²) in [5.74, 6) is -3.36. The van der Waals surface area contributed by atoms with Crippen LogP contribution in [0.15, 0.2) is 17.0 Å². The molecule has 0 saturated carbocycles. The molecule has 0 aliphatic heterocycles. The Bertz CT molecular complexity index is 555. The number of hydrogen-bond donors (Lipinski definition) is 2. The molecule has 10 heteroatoms. The molecule has 0 amide bonds. The number of hydrogen-bond acceptors (Lipinski definition) is 3. The number of benzene rings is 1. The van der Waals surface area contributed by atoms with Crippen molar-refractivity contribution in [1.29, 1.82) is 0 Å². The van der Waals surface area contributed by atoms with E-state index in [2.05, 4.69) is 0 Å². The summed E-state index contributed by atoms with van der Waals surface area (Å²) in [5.41, 5.74) is 4.66. The normalized spacial score (nSPS) is 12.7. The monoisotopic (exact) mass is 290 g/mol. The molecule has 0 radical (unpaired) electrons. The highest BCUT2D eigenvalue weighted by atomic mass is 32.2. The van der Waals surface area contributed by atoms with E-state index < -0.39 is 45.0 Å². The lowest BCUT2D eigenvalue weighted by atomic mass is 10.3. The van der Waals surface area contributed by atoms with Gasteiger partial charge in [-0.2, -0.15) is 13.2 Å². The predicted octanol–water partition coefficient (Wildman–Crippen LogP) is 1.39. The number of alkyl halides is 3. The number of sulfonamides is 1. The van der Waals surface area contributed by atoms with E-state index in [1.54, 1.807) is 0 Å². The van der Waals surface area contributed by atoms with Crippen LogP contribution in [-0.2, 0) is 10.0 Å². The SMILES string of the molecule is Nc1cc(F)c(F)c(S(=O)(=O)NCC(F)(F)F)c1. The van der Waals surface area contributed by atoms with Crippen molar-refractivity contribution < 1.29 is 30.4 Å². The van der Waals surface area contributed by atoms with E-state index in [0.29, 0.717) is 12.1 Å². The first kappa shape index (κ1) is 14.6. The van der Waals surface area contributed by atoms with Crippen molar-refractivity contribution >= 4 is 15.7 Å². The molecule has 102 valence electrons. The summed E-state index contributed by atoms with van der Waals surface area (Å²) >= 11 is 0. The molecule has 0 aliphatic carbocycles. The summed E-state index contributed by atoms with van der Waals surface area (Å²) in [6.07, 6.45) is -4.82. The molecule has 0 fully saturated rings. The van der Waals surface area contributed by atoms with Gasteiger partial charge in [0, 0.05) is 5.69 Å². The molecular formula is C8H7F5N2O2S. The van der Waals surface area contributed by atoms with Crippen molar-refractivity contribution in [3.8, 4) is 0 Å². The largest absolute Gasteiger partial charge is 0.402 e. The number of nitrogen functional groups attached to an aromatic ring is 1. The van der Waals surface area contributed by atoms with Gasteiger partial charge in [-0.25, -0.2) is 21.9 Å². The smallest absolute Gasteiger partial charge is 0.399 e. The van der Waals surface area contributed by atoms with Gasteiger partial charge in [0.1, 0.15) is 11.4 Å². The molecule has 0 spiro atoms. The van der Waals surface area contributed by atoms with Crippen molar-refractivity contribution in [2.75, 3.05) is 12.3 Å². The number of anilines is 1. The molecule has 1 rings (SSSR count). The molecule has 0 heterocycles. The van der Waals surface area contributed by atoms with Gasteiger partial charge in [-0.05, 0) is 12.1 Å². The third-order valence-corrected chi connectivity index (χ3v) is 3.17. The maximum Gasteiger partial charge on any atom is 0.402 e. The number of nitrogens with one attached hydrogen (secondary N) is 1. The van der Waals surface area contributed by atoms with E-state index >= 15 is 0 Å². The molecule has 0 bridgehead atoms. The summed E-state index contributed by atoms with van der Waals surface area (Å²) in [7, 11) is -4.83. The van der Waals surface area contributed by atoms with Crippen LogP contribution in [0.2, 0.25) is 0 Å². The summed E-state index contributed by atoms with van der Waals surface area (Å²) in [6.45, 7) is -1.90. The minimum atomic E-state index is -4.83. The topological polar surface area (TPSA) is 72.2 Å². The van der Waals surface area contributed by atoms with Gasteiger partial charge in [0.2, 0.25) is 10.0 Å². The van der Waals surface area contributed by atoms with Crippen LogP contribution in [0.3, 0.4) is 0 Å². The van der Waals surface area contributed by atoms with E-state index in [4.69, 9.17) is 5.73 Å². The van der Waals surface area contributed by atoms with Crippen LogP contribution in [0.1, 0.15) is 0 Å². The minimum Gasteiger partial charge on any atom is -0.399 e. The molecule has 4 nitrogen and oxygen atoms in total. The third-order valence-electron chi connectivity index (χ3n) is 1.77. The van der Waals surface area contributed by atoms with Crippen LogP contribution < -0.4 is 10.5 Å². The maximum atomic E-state index is 13.2. The van der Waals surface area contributed by atoms with E-state index in [0.717, 1.165) is 4.72 Å². The highest BCUT2D eigenvalue weighted by Gasteiger charge is 2.31. The Morgan fingerprint density at radius 1 is 1.22 bits per heavy atom. The van der Waals surface area contributed by atoms with Gasteiger partial charge in [0.05, 0.1) is 0 Å². The Kier molecular flexibility index (Phi) is 3.81. The van der Waals surface area contributed by atoms with E-state index in [1.807, 2.05) is 0 Å². The molecule has 0 aromatic heterocycles. The van der Waals surface area contributed by atoms with Crippen LogP contribution in [0.5, 0.6) is 0 Å². The Morgan fingerprint density at radius 2 is 1.78 bits per heavy atom. The third kappa shape index (κ3) is 3.53. The van der Waals surface area contributed by atoms with Crippen molar-refractivity contribution in [3.63, 3.8) is 0 Å². The van der Waals surface area contributed by atoms with Gasteiger partial charge in [-0.3, -0.25) is 0 Å². The Labute approximate surface area is 98.6 Å². The molecule has 3 N–H and O–H groups in total. The second kappa shape index (κ2) is 4.69. The first-order valence-corrected chi connectivity index (χ1v) is 5.82. The van der Waals surface area contributed by atoms with Crippen LogP contribution in [-0.4, -0.2) is 21.1 Å². The highest BCUT2D eigenvalue weighted by molar-refractivity contribution is 7.89. The average molecular weight is 290 g/mol. The highest BCUT2D eigenvalue weighted by Crippen LogP contribution is 2.22. The fraction of sp³-hybridized carbons (Fsp3) is 0.250. The Morgan fingerprint density at radius 3 is 2.28 bits per heavy atom. The molecule has 0 saturated heterocycles. The zero-order valence-electron chi connectivity index (χ0n) is 8.55. The molecule has 0 unspecified atom stereocenters. The summed E-state index contributed by atoms with van der Waals surface area (Å²) in [4.78, 5) is -1.27. The van der Waals surface area contributed by atoms with Gasteiger partial charge in [-0.15, -0.1) is 0 Å². The average Bonchev–Trinajstić information content (AvgIpc) is 2.19. The fourth-order valence-corrected chi connectivity index (χ4v) is 2.17. The number of nitrogens with two attached hydrogens (primary N) is 1. The van der Waals surface area contributed by atoms with Gasteiger partial charge in [0.15, 0.2) is 11.6 Å². The van der Waals surface area contributed by atoms with Crippen LogP contribution in [0, 0.1) is 11.6 Å². The molecule has 0 aliphatic rings. The van der Waals surface area contributed by atoms with E-state index in [-0.39, 0.29) is 0 Å². The maximum absolute atomic E-state index is 13.2. The lowest BCUT2D eigenvalue weighted by Gasteiger charge is -2.10. The number of halogens is 5. The lowest BCUT2D eigenvalue weighted by molar-refractivity contribution is -0.121. The van der Waals surface area contributed by atoms with Gasteiger partial charge < -0.3 is 5.73 Å². The molecule has 0 atom stereocenters. The molecule has 1 aromatic rings. The van der Waals surface area contributed by atoms with E-state index in [9.17, 15) is 30.4 Å². The standard InChI is InChI=1S/C8H7F5N2O2S/c9-5-1-4(14)2-6(7(5)10)18(16,17)15-3-8(11,12)13/h1-2,15H,3,14H2. The molecular weight excluding hydrogens is 283 g/mol. The second-order valence-corrected chi connectivity index (χ2v) is 4.99. The first-order valence-electron chi connectivity index (χ1n) is 4.34.